The molecule has 2 aromatic heterocycles. The Balaban J connectivity index is 1.49. The number of hydrogen-bond donors (Lipinski definition) is 1. The highest BCUT2D eigenvalue weighted by atomic mass is 32.1. The Hall–Kier alpha value is -2.80. The molecule has 0 radical (unpaired) electrons. The van der Waals surface area contributed by atoms with Crippen LogP contribution in [0.1, 0.15) is 62.0 Å². The first-order valence-corrected chi connectivity index (χ1v) is 12.8. The average Bonchev–Trinajstić information content (AvgIpc) is 3.41. The van der Waals surface area contributed by atoms with E-state index in [4.69, 9.17) is 4.74 Å². The summed E-state index contributed by atoms with van der Waals surface area (Å²) in [5.74, 6) is 0.648. The largest absolute Gasteiger partial charge is 0.494 e. The fourth-order valence-corrected chi connectivity index (χ4v) is 5.97. The standard InChI is InChI=1S/C26H31N3O3S/c1-3-32-20-11-9-18(10-12-20)16-29-24(30)22-15-23-21(13-14-33-23)28(22)17-26(29,2)25(31)27-19-7-5-4-6-8-19/h9-15,19H,3-8,16-17H2,1-2H3,(H,27,31)/t26-/m1/s1. The van der Waals surface area contributed by atoms with E-state index in [0.717, 1.165) is 47.2 Å². The summed E-state index contributed by atoms with van der Waals surface area (Å²) in [6, 6.07) is 12.0. The lowest BCUT2D eigenvalue weighted by Crippen LogP contribution is -2.64. The van der Waals surface area contributed by atoms with Gasteiger partial charge in [0, 0.05) is 12.6 Å². The van der Waals surface area contributed by atoms with Crippen molar-refractivity contribution in [3.05, 3.63) is 53.0 Å². The van der Waals surface area contributed by atoms with Gasteiger partial charge < -0.3 is 19.5 Å². The molecule has 1 aromatic carbocycles. The van der Waals surface area contributed by atoms with Crippen molar-refractivity contribution in [2.45, 2.75) is 70.6 Å². The normalized spacial score (nSPS) is 21.3. The first-order chi connectivity index (χ1) is 16.0. The number of nitrogens with zero attached hydrogens (tertiary/aromatic N) is 2. The number of carbonyl (C=O) groups is 2. The second-order valence-electron chi connectivity index (χ2n) is 9.34. The van der Waals surface area contributed by atoms with Gasteiger partial charge in [-0.1, -0.05) is 31.4 Å². The van der Waals surface area contributed by atoms with E-state index in [9.17, 15) is 9.59 Å². The van der Waals surface area contributed by atoms with Crippen LogP contribution in [0.4, 0.5) is 0 Å². The third-order valence-corrected chi connectivity index (χ3v) is 7.91. The summed E-state index contributed by atoms with van der Waals surface area (Å²) in [7, 11) is 0. The number of benzene rings is 1. The van der Waals surface area contributed by atoms with Gasteiger partial charge >= 0.3 is 0 Å². The highest BCUT2D eigenvalue weighted by Crippen LogP contribution is 2.35. The van der Waals surface area contributed by atoms with Crippen LogP contribution >= 0.6 is 11.3 Å². The molecule has 1 atom stereocenters. The Morgan fingerprint density at radius 2 is 1.94 bits per heavy atom. The number of carbonyl (C=O) groups excluding carboxylic acids is 2. The smallest absolute Gasteiger partial charge is 0.271 e. The molecule has 0 spiro atoms. The monoisotopic (exact) mass is 465 g/mol. The summed E-state index contributed by atoms with van der Waals surface area (Å²) in [6.07, 6.45) is 5.55. The van der Waals surface area contributed by atoms with Crippen LogP contribution in [-0.4, -0.2) is 39.5 Å². The van der Waals surface area contributed by atoms with Crippen molar-refractivity contribution in [2.24, 2.45) is 0 Å². The number of ether oxygens (including phenoxy) is 1. The highest BCUT2D eigenvalue weighted by Gasteiger charge is 2.48. The average molecular weight is 466 g/mol. The van der Waals surface area contributed by atoms with Crippen LogP contribution in [0.15, 0.2) is 41.8 Å². The topological polar surface area (TPSA) is 63.6 Å². The molecule has 6 nitrogen and oxygen atoms in total. The number of nitrogens with one attached hydrogen (secondary N) is 1. The molecule has 2 amide bonds. The highest BCUT2D eigenvalue weighted by molar-refractivity contribution is 7.17. The van der Waals surface area contributed by atoms with E-state index >= 15 is 0 Å². The van der Waals surface area contributed by atoms with Crippen molar-refractivity contribution in [1.29, 1.82) is 0 Å². The molecule has 0 saturated heterocycles. The third kappa shape index (κ3) is 4.03. The molecule has 2 aliphatic rings. The van der Waals surface area contributed by atoms with Crippen LogP contribution < -0.4 is 10.1 Å². The van der Waals surface area contributed by atoms with Crippen molar-refractivity contribution >= 4 is 33.4 Å². The van der Waals surface area contributed by atoms with Crippen LogP contribution in [0.25, 0.3) is 10.2 Å². The summed E-state index contributed by atoms with van der Waals surface area (Å²) in [4.78, 5) is 29.3. The molecule has 174 valence electrons. The van der Waals surface area contributed by atoms with Gasteiger partial charge in [0.15, 0.2) is 0 Å². The number of fused-ring (bicyclic) bond motifs is 3. The first kappa shape index (κ1) is 22.0. The summed E-state index contributed by atoms with van der Waals surface area (Å²) < 4.78 is 8.67. The molecule has 0 bridgehead atoms. The first-order valence-electron chi connectivity index (χ1n) is 11.9. The van der Waals surface area contributed by atoms with Crippen LogP contribution in [0.2, 0.25) is 0 Å². The van der Waals surface area contributed by atoms with E-state index < -0.39 is 5.54 Å². The van der Waals surface area contributed by atoms with Crippen molar-refractivity contribution in [1.82, 2.24) is 14.8 Å². The van der Waals surface area contributed by atoms with Crippen LogP contribution in [0.3, 0.4) is 0 Å². The molecule has 0 unspecified atom stereocenters. The summed E-state index contributed by atoms with van der Waals surface area (Å²) >= 11 is 1.63. The van der Waals surface area contributed by atoms with Crippen molar-refractivity contribution in [2.75, 3.05) is 6.61 Å². The van der Waals surface area contributed by atoms with Crippen LogP contribution in [0, 0.1) is 0 Å². The number of hydrogen-bond acceptors (Lipinski definition) is 4. The lowest BCUT2D eigenvalue weighted by molar-refractivity contribution is -0.134. The van der Waals surface area contributed by atoms with Gasteiger partial charge in [-0.2, -0.15) is 0 Å². The van der Waals surface area contributed by atoms with E-state index in [-0.39, 0.29) is 17.9 Å². The molecule has 3 aromatic rings. The Kier molecular flexibility index (Phi) is 5.91. The second kappa shape index (κ2) is 8.86. The number of rotatable bonds is 6. The molecule has 1 fully saturated rings. The van der Waals surface area contributed by atoms with Gasteiger partial charge in [-0.15, -0.1) is 11.3 Å². The van der Waals surface area contributed by atoms with Gasteiger partial charge in [0.25, 0.3) is 5.91 Å². The fraction of sp³-hybridized carbons (Fsp3) is 0.462. The Bertz CT molecular complexity index is 1160. The lowest BCUT2D eigenvalue weighted by atomic mass is 9.91. The van der Waals surface area contributed by atoms with Gasteiger partial charge in [-0.05, 0) is 61.9 Å². The lowest BCUT2D eigenvalue weighted by Gasteiger charge is -2.45. The predicted molar refractivity (Wildman–Crippen MR) is 131 cm³/mol. The van der Waals surface area contributed by atoms with Crippen molar-refractivity contribution < 1.29 is 14.3 Å². The van der Waals surface area contributed by atoms with E-state index in [1.54, 1.807) is 16.2 Å². The van der Waals surface area contributed by atoms with Crippen LogP contribution in [0.5, 0.6) is 5.75 Å². The molecular weight excluding hydrogens is 434 g/mol. The Morgan fingerprint density at radius 3 is 2.67 bits per heavy atom. The molecule has 33 heavy (non-hydrogen) atoms. The minimum Gasteiger partial charge on any atom is -0.494 e. The van der Waals surface area contributed by atoms with Crippen molar-refractivity contribution in [3.8, 4) is 5.75 Å². The maximum Gasteiger partial charge on any atom is 0.271 e. The molecule has 1 N–H and O–H groups in total. The molecule has 5 rings (SSSR count). The second-order valence-corrected chi connectivity index (χ2v) is 10.3. The molecule has 7 heteroatoms. The molecular formula is C26H31N3O3S. The maximum absolute atomic E-state index is 13.8. The predicted octanol–water partition coefficient (Wildman–Crippen LogP) is 4.97. The molecule has 1 saturated carbocycles. The van der Waals surface area contributed by atoms with Gasteiger partial charge in [0.05, 0.1) is 23.4 Å². The van der Waals surface area contributed by atoms with E-state index in [2.05, 4.69) is 5.32 Å². The van der Waals surface area contributed by atoms with E-state index in [0.29, 0.717) is 25.4 Å². The number of aromatic nitrogens is 1. The molecule has 1 aliphatic heterocycles. The summed E-state index contributed by atoms with van der Waals surface area (Å²) in [5, 5.41) is 5.33. The van der Waals surface area contributed by atoms with E-state index in [1.807, 2.05) is 60.2 Å². The Morgan fingerprint density at radius 1 is 1.18 bits per heavy atom. The van der Waals surface area contributed by atoms with Gasteiger partial charge in [0.1, 0.15) is 17.0 Å². The zero-order valence-corrected chi connectivity index (χ0v) is 20.1. The van der Waals surface area contributed by atoms with Gasteiger partial charge in [-0.25, -0.2) is 0 Å². The zero-order chi connectivity index (χ0) is 23.0. The van der Waals surface area contributed by atoms with Gasteiger partial charge in [0.2, 0.25) is 5.91 Å². The fourth-order valence-electron chi connectivity index (χ4n) is 5.15. The Labute approximate surface area is 198 Å². The van der Waals surface area contributed by atoms with E-state index in [1.165, 1.54) is 6.42 Å². The van der Waals surface area contributed by atoms with Gasteiger partial charge in [-0.3, -0.25) is 9.59 Å². The zero-order valence-electron chi connectivity index (χ0n) is 19.3. The molecule has 1 aliphatic carbocycles. The SMILES string of the molecule is CCOc1ccc(CN2C(=O)c3cc4sccc4n3C[C@]2(C)C(=O)NC2CCCCC2)cc1. The summed E-state index contributed by atoms with van der Waals surface area (Å²) in [5.41, 5.74) is 1.69. The van der Waals surface area contributed by atoms with Crippen molar-refractivity contribution in [3.63, 3.8) is 0 Å². The minimum atomic E-state index is -0.978. The number of thiophene rings is 1. The van der Waals surface area contributed by atoms with Crippen LogP contribution in [-0.2, 0) is 17.9 Å². The quantitative estimate of drug-likeness (QED) is 0.559. The number of amides is 2. The summed E-state index contributed by atoms with van der Waals surface area (Å²) in [6.45, 7) is 5.30. The maximum atomic E-state index is 13.8. The third-order valence-electron chi connectivity index (χ3n) is 7.05. The minimum absolute atomic E-state index is 0.0589. The molecule has 3 heterocycles.